The highest BCUT2D eigenvalue weighted by atomic mass is 19.3. The number of imidazole rings is 1. The molecule has 0 spiro atoms. The minimum Gasteiger partial charge on any atom is -0.290 e. The standard InChI is InChI=1S/C21H21F2N5O/c1-20(12-21(20,22)23)13-27-17-8-7-16(25-18(17)26(2)19(27)29)14-5-3-6-15(11-14)28-10-4-9-24-28/h3-8,10-11,24H,9,12-13H2,1-2H3. The van der Waals surface area contributed by atoms with E-state index in [-0.39, 0.29) is 18.7 Å². The molecule has 3 heterocycles. The molecule has 1 aromatic carbocycles. The summed E-state index contributed by atoms with van der Waals surface area (Å²) in [5, 5.41) is 1.94. The van der Waals surface area contributed by atoms with E-state index in [9.17, 15) is 13.6 Å². The van der Waals surface area contributed by atoms with Gasteiger partial charge in [-0.3, -0.25) is 14.1 Å². The number of fused-ring (bicyclic) bond motifs is 1. The first kappa shape index (κ1) is 18.1. The highest BCUT2D eigenvalue weighted by molar-refractivity contribution is 5.77. The quantitative estimate of drug-likeness (QED) is 0.734. The fraction of sp³-hybridized carbons (Fsp3) is 0.333. The van der Waals surface area contributed by atoms with Gasteiger partial charge in [-0.1, -0.05) is 25.1 Å². The summed E-state index contributed by atoms with van der Waals surface area (Å²) in [5.41, 5.74) is 5.40. The molecule has 5 rings (SSSR count). The SMILES string of the molecule is Cn1c(=O)n(CC2(C)CC2(F)F)c2ccc(-c3cccc(N4C=CCN4)c3)nc21. The zero-order valence-electron chi connectivity index (χ0n) is 16.2. The number of hydrazine groups is 1. The highest BCUT2D eigenvalue weighted by Gasteiger charge is 2.68. The first-order chi connectivity index (χ1) is 13.8. The van der Waals surface area contributed by atoms with Gasteiger partial charge in [0, 0.05) is 38.3 Å². The van der Waals surface area contributed by atoms with Gasteiger partial charge in [0.05, 0.1) is 22.3 Å². The van der Waals surface area contributed by atoms with Gasteiger partial charge in [-0.2, -0.15) is 0 Å². The van der Waals surface area contributed by atoms with Crippen molar-refractivity contribution in [3.8, 4) is 11.3 Å². The Labute approximate surface area is 166 Å². The van der Waals surface area contributed by atoms with Crippen LogP contribution in [-0.4, -0.2) is 26.6 Å². The average molecular weight is 397 g/mol. The summed E-state index contributed by atoms with van der Waals surface area (Å²) in [6.07, 6.45) is 3.80. The Morgan fingerprint density at radius 2 is 2.03 bits per heavy atom. The van der Waals surface area contributed by atoms with Crippen LogP contribution in [0.2, 0.25) is 0 Å². The maximum Gasteiger partial charge on any atom is 0.330 e. The first-order valence-corrected chi connectivity index (χ1v) is 9.53. The van der Waals surface area contributed by atoms with E-state index in [0.29, 0.717) is 11.2 Å². The monoisotopic (exact) mass is 397 g/mol. The van der Waals surface area contributed by atoms with Crippen LogP contribution in [0, 0.1) is 5.41 Å². The van der Waals surface area contributed by atoms with Crippen LogP contribution in [0.25, 0.3) is 22.4 Å². The maximum absolute atomic E-state index is 13.7. The summed E-state index contributed by atoms with van der Waals surface area (Å²) in [6.45, 7) is 2.29. The summed E-state index contributed by atoms with van der Waals surface area (Å²) >= 11 is 0. The molecule has 1 aliphatic heterocycles. The molecule has 0 radical (unpaired) electrons. The molecule has 0 saturated heterocycles. The zero-order valence-corrected chi connectivity index (χ0v) is 16.2. The second-order valence-corrected chi connectivity index (χ2v) is 8.08. The van der Waals surface area contributed by atoms with Crippen molar-refractivity contribution in [3.05, 3.63) is 59.2 Å². The average Bonchev–Trinajstić information content (AvgIpc) is 3.08. The van der Waals surface area contributed by atoms with E-state index in [1.54, 1.807) is 13.1 Å². The number of anilines is 1. The Morgan fingerprint density at radius 1 is 1.24 bits per heavy atom. The second-order valence-electron chi connectivity index (χ2n) is 8.08. The minimum absolute atomic E-state index is 0.0142. The predicted molar refractivity (Wildman–Crippen MR) is 108 cm³/mol. The molecule has 8 heteroatoms. The van der Waals surface area contributed by atoms with Gasteiger partial charge < -0.3 is 0 Å². The van der Waals surface area contributed by atoms with Crippen molar-refractivity contribution in [2.24, 2.45) is 12.5 Å². The number of alkyl halides is 2. The Kier molecular flexibility index (Phi) is 3.73. The Hall–Kier alpha value is -3.00. The van der Waals surface area contributed by atoms with Crippen LogP contribution in [0.15, 0.2) is 53.5 Å². The molecule has 1 N–H and O–H groups in total. The van der Waals surface area contributed by atoms with Crippen molar-refractivity contribution in [2.75, 3.05) is 11.6 Å². The van der Waals surface area contributed by atoms with Crippen molar-refractivity contribution in [2.45, 2.75) is 25.8 Å². The van der Waals surface area contributed by atoms with Gasteiger partial charge in [-0.15, -0.1) is 0 Å². The summed E-state index contributed by atoms with van der Waals surface area (Å²) in [6, 6.07) is 11.5. The third-order valence-corrected chi connectivity index (χ3v) is 5.91. The van der Waals surface area contributed by atoms with E-state index in [1.165, 1.54) is 16.1 Å². The van der Waals surface area contributed by atoms with Crippen LogP contribution in [0.4, 0.5) is 14.5 Å². The molecule has 1 fully saturated rings. The van der Waals surface area contributed by atoms with E-state index < -0.39 is 11.3 Å². The number of benzene rings is 1. The molecule has 6 nitrogen and oxygen atoms in total. The second kappa shape index (κ2) is 6.00. The lowest BCUT2D eigenvalue weighted by molar-refractivity contribution is 0.0637. The summed E-state index contributed by atoms with van der Waals surface area (Å²) in [7, 11) is 1.63. The van der Waals surface area contributed by atoms with Gasteiger partial charge in [0.25, 0.3) is 5.92 Å². The van der Waals surface area contributed by atoms with Gasteiger partial charge in [0.1, 0.15) is 0 Å². The molecule has 1 aliphatic carbocycles. The molecule has 1 unspecified atom stereocenters. The molecular formula is C21H21F2N5O. The van der Waals surface area contributed by atoms with Crippen molar-refractivity contribution in [1.29, 1.82) is 0 Å². The molecule has 2 aliphatic rings. The molecular weight excluding hydrogens is 376 g/mol. The number of hydrogen-bond donors (Lipinski definition) is 1. The van der Waals surface area contributed by atoms with Gasteiger partial charge in [-0.05, 0) is 24.3 Å². The zero-order chi connectivity index (χ0) is 20.4. The fourth-order valence-corrected chi connectivity index (χ4v) is 3.91. The largest absolute Gasteiger partial charge is 0.330 e. The maximum atomic E-state index is 13.7. The van der Waals surface area contributed by atoms with E-state index in [2.05, 4.69) is 10.4 Å². The molecule has 3 aromatic rings. The lowest BCUT2D eigenvalue weighted by Crippen LogP contribution is -2.28. The van der Waals surface area contributed by atoms with E-state index in [4.69, 9.17) is 0 Å². The first-order valence-electron chi connectivity index (χ1n) is 9.53. The van der Waals surface area contributed by atoms with Crippen LogP contribution in [0.3, 0.4) is 0 Å². The number of hydrogen-bond acceptors (Lipinski definition) is 4. The van der Waals surface area contributed by atoms with Crippen LogP contribution in [-0.2, 0) is 13.6 Å². The van der Waals surface area contributed by atoms with Crippen molar-refractivity contribution in [1.82, 2.24) is 19.5 Å². The summed E-state index contributed by atoms with van der Waals surface area (Å²) < 4.78 is 30.3. The number of halogens is 2. The number of nitrogens with one attached hydrogen (secondary N) is 1. The van der Waals surface area contributed by atoms with Crippen LogP contribution < -0.4 is 16.1 Å². The Morgan fingerprint density at radius 3 is 2.72 bits per heavy atom. The molecule has 0 amide bonds. The number of aryl methyl sites for hydroxylation is 1. The van der Waals surface area contributed by atoms with E-state index >= 15 is 0 Å². The Balaban J connectivity index is 1.55. The number of pyridine rings is 1. The van der Waals surface area contributed by atoms with Crippen LogP contribution in [0.5, 0.6) is 0 Å². The number of nitrogens with zero attached hydrogens (tertiary/aromatic N) is 4. The topological polar surface area (TPSA) is 55.1 Å². The lowest BCUT2D eigenvalue weighted by Gasteiger charge is -2.16. The molecule has 150 valence electrons. The molecule has 1 saturated carbocycles. The smallest absolute Gasteiger partial charge is 0.290 e. The van der Waals surface area contributed by atoms with Crippen molar-refractivity contribution >= 4 is 16.9 Å². The third kappa shape index (κ3) is 2.78. The molecule has 29 heavy (non-hydrogen) atoms. The summed E-state index contributed by atoms with van der Waals surface area (Å²) in [5.74, 6) is -2.72. The van der Waals surface area contributed by atoms with Gasteiger partial charge in [0.2, 0.25) is 0 Å². The van der Waals surface area contributed by atoms with Crippen LogP contribution in [0.1, 0.15) is 13.3 Å². The molecule has 2 aromatic heterocycles. The van der Waals surface area contributed by atoms with E-state index in [0.717, 1.165) is 23.5 Å². The van der Waals surface area contributed by atoms with Crippen LogP contribution >= 0.6 is 0 Å². The van der Waals surface area contributed by atoms with Crippen molar-refractivity contribution in [3.63, 3.8) is 0 Å². The highest BCUT2D eigenvalue weighted by Crippen LogP contribution is 2.61. The normalized spacial score (nSPS) is 22.6. The molecule has 0 bridgehead atoms. The number of aromatic nitrogens is 3. The minimum atomic E-state index is -2.72. The Bertz CT molecular complexity index is 1210. The van der Waals surface area contributed by atoms with Gasteiger partial charge in [0.15, 0.2) is 5.65 Å². The van der Waals surface area contributed by atoms with E-state index in [1.807, 2.05) is 47.6 Å². The predicted octanol–water partition coefficient (Wildman–Crippen LogP) is 3.29. The fourth-order valence-electron chi connectivity index (χ4n) is 3.91. The van der Waals surface area contributed by atoms with Gasteiger partial charge in [-0.25, -0.2) is 24.0 Å². The number of rotatable bonds is 4. The third-order valence-electron chi connectivity index (χ3n) is 5.91. The van der Waals surface area contributed by atoms with Crippen molar-refractivity contribution < 1.29 is 8.78 Å². The molecule has 1 atom stereocenters. The lowest BCUT2D eigenvalue weighted by atomic mass is 10.1. The van der Waals surface area contributed by atoms with Gasteiger partial charge >= 0.3 is 5.69 Å². The summed E-state index contributed by atoms with van der Waals surface area (Å²) in [4.78, 5) is 17.4.